The van der Waals surface area contributed by atoms with Crippen LogP contribution in [0.2, 0.25) is 0 Å². The molecule has 0 amide bonds. The Hall–Kier alpha value is -4.83. The maximum atomic E-state index is 14.5. The van der Waals surface area contributed by atoms with Crippen LogP contribution >= 0.6 is 0 Å². The van der Waals surface area contributed by atoms with Crippen LogP contribution in [-0.4, -0.2) is 119 Å². The van der Waals surface area contributed by atoms with Crippen LogP contribution in [-0.2, 0) is 43.3 Å². The fraction of sp³-hybridized carbons (Fsp3) is 0.549. The first-order valence-corrected chi connectivity index (χ1v) is 23.5. The lowest BCUT2D eigenvalue weighted by Gasteiger charge is -2.53. The minimum absolute atomic E-state index is 0.0120. The predicted octanol–water partition coefficient (Wildman–Crippen LogP) is 5.26. The number of aromatic amines is 1. The van der Waals surface area contributed by atoms with Gasteiger partial charge in [0.05, 0.1) is 43.1 Å². The van der Waals surface area contributed by atoms with E-state index in [9.17, 15) is 34.8 Å². The SMILES string of the molecule is CCOC(=O)C1=C(C=O)C2=C3C[C@H](CO)C(=O)[C@H](C3)c3cc4cc[nH]c4cc3CC[C@@H](CO)COc3c4c(c(CO)c(c32)O1)O[C@H]([C@@]1(O)CC=C[C@@H]2[C@H](CC)N(CCCOC)CC[C@@H]21)C4. The molecule has 3 aromatic rings. The van der Waals surface area contributed by atoms with Gasteiger partial charge in [0, 0.05) is 85.9 Å². The summed E-state index contributed by atoms with van der Waals surface area (Å²) in [5, 5.41) is 47.1. The second-order valence-corrected chi connectivity index (χ2v) is 18.7. The highest BCUT2D eigenvalue weighted by molar-refractivity contribution is 6.11. The molecule has 14 heteroatoms. The van der Waals surface area contributed by atoms with Crippen LogP contribution < -0.4 is 14.2 Å². The summed E-state index contributed by atoms with van der Waals surface area (Å²) in [6, 6.07) is 6.21. The highest BCUT2D eigenvalue weighted by Gasteiger charge is 2.56. The van der Waals surface area contributed by atoms with E-state index in [0.717, 1.165) is 54.4 Å². The van der Waals surface area contributed by atoms with Gasteiger partial charge in [0.15, 0.2) is 6.29 Å². The minimum atomic E-state index is -1.31. The second-order valence-electron chi connectivity index (χ2n) is 18.7. The molecule has 5 N–H and O–H groups in total. The van der Waals surface area contributed by atoms with Gasteiger partial charge in [-0.15, -0.1) is 0 Å². The summed E-state index contributed by atoms with van der Waals surface area (Å²) in [7, 11) is 1.71. The van der Waals surface area contributed by atoms with Crippen LogP contribution in [0.5, 0.6) is 17.2 Å². The zero-order valence-corrected chi connectivity index (χ0v) is 37.6. The van der Waals surface area contributed by atoms with E-state index >= 15 is 0 Å². The van der Waals surface area contributed by atoms with Crippen molar-refractivity contribution in [2.24, 2.45) is 23.7 Å². The summed E-state index contributed by atoms with van der Waals surface area (Å²) in [5.41, 5.74) is 3.24. The van der Waals surface area contributed by atoms with Crippen LogP contribution in [0.4, 0.5) is 0 Å². The summed E-state index contributed by atoms with van der Waals surface area (Å²) in [4.78, 5) is 47.8. The Labute approximate surface area is 379 Å². The van der Waals surface area contributed by atoms with Crippen molar-refractivity contribution in [2.45, 2.75) is 102 Å². The molecule has 1 aromatic heterocycles. The highest BCUT2D eigenvalue weighted by atomic mass is 16.6. The smallest absolute Gasteiger partial charge is 0.375 e. The fourth-order valence-corrected chi connectivity index (χ4v) is 12.0. The van der Waals surface area contributed by atoms with Gasteiger partial charge in [-0.05, 0) is 105 Å². The van der Waals surface area contributed by atoms with Gasteiger partial charge in [-0.1, -0.05) is 24.6 Å². The molecule has 2 aromatic carbocycles. The Bertz CT molecular complexity index is 2430. The van der Waals surface area contributed by atoms with Crippen LogP contribution in [0.25, 0.3) is 16.5 Å². The molecular formula is C51H62N2O12. The van der Waals surface area contributed by atoms with Crippen LogP contribution in [0.1, 0.15) is 92.5 Å². The van der Waals surface area contributed by atoms with E-state index in [1.54, 1.807) is 14.0 Å². The molecule has 2 aliphatic carbocycles. The number of methoxy groups -OCH3 is 1. The molecular weight excluding hydrogens is 833 g/mol. The van der Waals surface area contributed by atoms with Crippen LogP contribution in [0, 0.1) is 23.7 Å². The van der Waals surface area contributed by atoms with Crippen molar-refractivity contribution in [2.75, 3.05) is 53.2 Å². The van der Waals surface area contributed by atoms with E-state index in [2.05, 4.69) is 29.0 Å². The number of nitrogens with zero attached hydrogens (tertiary/aromatic N) is 1. The number of ether oxygens (including phenoxy) is 5. The van der Waals surface area contributed by atoms with E-state index < -0.39 is 42.7 Å². The number of fused-ring (bicyclic) bond motifs is 8. The number of H-pyrrole nitrogens is 1. The third-order valence-electron chi connectivity index (χ3n) is 15.2. The van der Waals surface area contributed by atoms with Crippen molar-refractivity contribution in [3.8, 4) is 17.2 Å². The first kappa shape index (κ1) is 45.3. The Morgan fingerprint density at radius 3 is 2.66 bits per heavy atom. The number of nitrogens with one attached hydrogen (secondary N) is 1. The van der Waals surface area contributed by atoms with Gasteiger partial charge in [0.1, 0.15) is 34.7 Å². The third kappa shape index (κ3) is 7.83. The Balaban J connectivity index is 1.23. The monoisotopic (exact) mass is 894 g/mol. The number of piperidine rings is 1. The molecule has 5 heterocycles. The predicted molar refractivity (Wildman–Crippen MR) is 240 cm³/mol. The summed E-state index contributed by atoms with van der Waals surface area (Å²) in [5.74, 6) is -2.81. The molecule has 1 saturated heterocycles. The minimum Gasteiger partial charge on any atom is -0.492 e. The number of aliphatic hydroxyl groups excluding tert-OH is 3. The number of carbonyl (C=O) groups excluding carboxylic acids is 3. The lowest BCUT2D eigenvalue weighted by molar-refractivity contribution is -0.141. The second kappa shape index (κ2) is 18.8. The average Bonchev–Trinajstić information content (AvgIpc) is 3.98. The zero-order valence-electron chi connectivity index (χ0n) is 37.6. The van der Waals surface area contributed by atoms with Gasteiger partial charge in [-0.2, -0.15) is 0 Å². The van der Waals surface area contributed by atoms with Crippen molar-refractivity contribution in [1.29, 1.82) is 0 Å². The number of aromatic nitrogens is 1. The molecule has 14 nitrogen and oxygen atoms in total. The van der Waals surface area contributed by atoms with E-state index in [1.807, 2.05) is 24.4 Å². The molecule has 9 rings (SSSR count). The van der Waals surface area contributed by atoms with Crippen molar-refractivity contribution < 1.29 is 58.5 Å². The van der Waals surface area contributed by atoms with Gasteiger partial charge < -0.3 is 49.1 Å². The van der Waals surface area contributed by atoms with Gasteiger partial charge in [0.2, 0.25) is 5.76 Å². The number of hydrogen-bond donors (Lipinski definition) is 5. The fourth-order valence-electron chi connectivity index (χ4n) is 12.0. The Morgan fingerprint density at radius 2 is 1.92 bits per heavy atom. The first-order chi connectivity index (χ1) is 31.6. The molecule has 4 aliphatic heterocycles. The largest absolute Gasteiger partial charge is 0.492 e. The van der Waals surface area contributed by atoms with Crippen molar-refractivity contribution >= 4 is 34.5 Å². The number of esters is 1. The molecule has 6 aliphatic rings. The maximum absolute atomic E-state index is 14.5. The summed E-state index contributed by atoms with van der Waals surface area (Å²) >= 11 is 0. The van der Waals surface area contributed by atoms with E-state index in [1.165, 1.54) is 0 Å². The number of aldehydes is 1. The van der Waals surface area contributed by atoms with Crippen molar-refractivity contribution in [3.05, 3.63) is 81.3 Å². The number of ketones is 1. The van der Waals surface area contributed by atoms with Gasteiger partial charge >= 0.3 is 5.97 Å². The zero-order chi connectivity index (χ0) is 45.6. The Morgan fingerprint density at radius 1 is 1.08 bits per heavy atom. The summed E-state index contributed by atoms with van der Waals surface area (Å²) < 4.78 is 31.2. The maximum Gasteiger partial charge on any atom is 0.375 e. The molecule has 1 saturated carbocycles. The van der Waals surface area contributed by atoms with Crippen LogP contribution in [0.15, 0.2) is 53.5 Å². The average molecular weight is 895 g/mol. The van der Waals surface area contributed by atoms with Gasteiger partial charge in [-0.25, -0.2) is 4.79 Å². The summed E-state index contributed by atoms with van der Waals surface area (Å²) in [6.07, 6.45) is 10.3. The number of benzene rings is 2. The topological polar surface area (TPSA) is 197 Å². The molecule has 2 bridgehead atoms. The quantitative estimate of drug-likeness (QED) is 0.0685. The first-order valence-electron chi connectivity index (χ1n) is 23.5. The molecule has 65 heavy (non-hydrogen) atoms. The lowest BCUT2D eigenvalue weighted by atomic mass is 9.63. The van der Waals surface area contributed by atoms with Crippen LogP contribution in [0.3, 0.4) is 0 Å². The highest BCUT2D eigenvalue weighted by Crippen LogP contribution is 2.58. The van der Waals surface area contributed by atoms with Gasteiger partial charge in [0.25, 0.3) is 0 Å². The van der Waals surface area contributed by atoms with E-state index in [4.69, 9.17) is 23.7 Å². The molecule has 0 radical (unpaired) electrons. The standard InChI is InChI=1S/C51H62N2O12/c1-4-41-33-8-6-13-51(60,39(33)12-16-53(41)15-7-17-61-3)42-22-36-46(64-42)38(26-57)48-44-43(37(25-56)49(65-48)50(59)62-5-2)31-18-32(24-55)45(58)35(20-31)34-19-30-11-14-52-40(30)21-29(34)10-9-28(23-54)27-63-47(36)44/h6,8,11,14,19,21,25,28,32-33,35,39,41-42,52,54-55,57,60H,4-5,7,9-10,12-13,15-18,20,22-24,26-27H2,1-3H3/t28-,32+,33-,35+,39-,41-,42-,51+/m0/s1. The number of aryl methyl sites for hydroxylation is 1. The number of hydrogen-bond acceptors (Lipinski definition) is 13. The lowest BCUT2D eigenvalue weighted by Crippen LogP contribution is -2.61. The normalized spacial score (nSPS) is 28.7. The molecule has 0 unspecified atom stereocenters. The summed E-state index contributed by atoms with van der Waals surface area (Å²) in [6.45, 7) is 5.00. The van der Waals surface area contributed by atoms with E-state index in [0.29, 0.717) is 60.2 Å². The number of aliphatic hydroxyl groups is 4. The van der Waals surface area contributed by atoms with Crippen molar-refractivity contribution in [1.82, 2.24) is 9.88 Å². The molecule has 0 spiro atoms. The number of allylic oxidation sites excluding steroid dienone is 3. The molecule has 2 fully saturated rings. The number of rotatable bonds is 12. The molecule has 348 valence electrons. The van der Waals surface area contributed by atoms with Crippen molar-refractivity contribution in [3.63, 3.8) is 0 Å². The third-order valence-corrected chi connectivity index (χ3v) is 15.2. The number of carbonyl (C=O) groups is 3. The number of Topliss-reactive ketones (excluding diaryl/α,β-unsaturated/α-hetero) is 1. The van der Waals surface area contributed by atoms with Gasteiger partial charge in [-0.3, -0.25) is 14.5 Å². The van der Waals surface area contributed by atoms with E-state index in [-0.39, 0.29) is 97.1 Å². The number of likely N-dealkylation sites (tertiary alicyclic amines) is 1. The molecule has 8 atom stereocenters. The Kier molecular flexibility index (Phi) is 13.1.